The molecule has 0 aliphatic rings. The second-order valence-corrected chi connectivity index (χ2v) is 4.44. The summed E-state index contributed by atoms with van der Waals surface area (Å²) in [5.41, 5.74) is 3.65. The van der Waals surface area contributed by atoms with Gasteiger partial charge in [-0.3, -0.25) is 0 Å². The van der Waals surface area contributed by atoms with Crippen LogP contribution >= 0.6 is 39.1 Å². The molecule has 0 saturated carbocycles. The van der Waals surface area contributed by atoms with Crippen LogP contribution in [-0.4, -0.2) is 6.54 Å². The van der Waals surface area contributed by atoms with Crippen LogP contribution in [0, 0.1) is 0 Å². The van der Waals surface area contributed by atoms with Gasteiger partial charge in [0.1, 0.15) is 0 Å². The first-order valence-corrected chi connectivity index (χ1v) is 5.69. The van der Waals surface area contributed by atoms with Crippen LogP contribution < -0.4 is 5.32 Å². The van der Waals surface area contributed by atoms with E-state index in [-0.39, 0.29) is 0 Å². The first kappa shape index (κ1) is 11.9. The third-order valence-electron chi connectivity index (χ3n) is 1.68. The van der Waals surface area contributed by atoms with Gasteiger partial charge >= 0.3 is 0 Å². The molecule has 1 nitrogen and oxygen atoms in total. The van der Waals surface area contributed by atoms with Crippen molar-refractivity contribution in [1.82, 2.24) is 0 Å². The molecule has 1 aromatic carbocycles. The van der Waals surface area contributed by atoms with E-state index in [1.165, 1.54) is 0 Å². The number of anilines is 1. The molecule has 0 aliphatic heterocycles. The zero-order valence-corrected chi connectivity index (χ0v) is 10.7. The van der Waals surface area contributed by atoms with E-state index in [1.54, 1.807) is 5.54 Å². The summed E-state index contributed by atoms with van der Waals surface area (Å²) in [6.45, 7) is 2.69. The summed E-state index contributed by atoms with van der Waals surface area (Å²) < 4.78 is 0.951. The average Bonchev–Trinajstić information content (AvgIpc) is 2.16. The molecule has 0 atom stereocenters. The molecule has 14 heavy (non-hydrogen) atoms. The molecule has 0 amide bonds. The summed E-state index contributed by atoms with van der Waals surface area (Å²) in [5.74, 6) is 0. The quantitative estimate of drug-likeness (QED) is 0.855. The van der Waals surface area contributed by atoms with Crippen molar-refractivity contribution in [3.05, 3.63) is 38.8 Å². The van der Waals surface area contributed by atoms with E-state index in [9.17, 15) is 0 Å². The standard InChI is InChI=1S/C10H10BrCl2N/c1-7(5-12)6-14-10-3-2-8(13)4-9(10)11/h2-5,14H,6H2,1H3/b7-5-. The van der Waals surface area contributed by atoms with E-state index in [4.69, 9.17) is 23.2 Å². The largest absolute Gasteiger partial charge is 0.380 e. The predicted octanol–water partition coefficient (Wildman–Crippen LogP) is 4.66. The van der Waals surface area contributed by atoms with Gasteiger partial charge in [0.05, 0.1) is 0 Å². The first-order chi connectivity index (χ1) is 6.63. The summed E-state index contributed by atoms with van der Waals surface area (Å²) in [6.07, 6.45) is 0. The second-order valence-electron chi connectivity index (χ2n) is 2.93. The molecule has 0 radical (unpaired) electrons. The minimum Gasteiger partial charge on any atom is -0.380 e. The average molecular weight is 295 g/mol. The third kappa shape index (κ3) is 3.52. The Morgan fingerprint density at radius 2 is 2.29 bits per heavy atom. The van der Waals surface area contributed by atoms with Gasteiger partial charge in [0.25, 0.3) is 0 Å². The SMILES string of the molecule is C/C(=C/Cl)CNc1ccc(Cl)cc1Br. The van der Waals surface area contributed by atoms with E-state index >= 15 is 0 Å². The zero-order valence-electron chi connectivity index (χ0n) is 7.65. The van der Waals surface area contributed by atoms with Crippen molar-refractivity contribution in [2.45, 2.75) is 6.92 Å². The molecule has 0 saturated heterocycles. The van der Waals surface area contributed by atoms with E-state index in [1.807, 2.05) is 25.1 Å². The summed E-state index contributed by atoms with van der Waals surface area (Å²) in [5, 5.41) is 3.95. The molecule has 1 aromatic rings. The number of nitrogens with one attached hydrogen (secondary N) is 1. The highest BCUT2D eigenvalue weighted by atomic mass is 79.9. The molecule has 0 bridgehead atoms. The summed E-state index contributed by atoms with van der Waals surface area (Å²) >= 11 is 14.8. The maximum absolute atomic E-state index is 5.82. The highest BCUT2D eigenvalue weighted by Crippen LogP contribution is 2.25. The van der Waals surface area contributed by atoms with Gasteiger partial charge in [-0.05, 0) is 46.6 Å². The minimum atomic E-state index is 0.715. The molecule has 0 aromatic heterocycles. The van der Waals surface area contributed by atoms with Gasteiger partial charge in [-0.15, -0.1) is 0 Å². The Labute approximate surface area is 102 Å². The van der Waals surface area contributed by atoms with Crippen LogP contribution in [0.15, 0.2) is 33.8 Å². The molecule has 1 N–H and O–H groups in total. The molecular formula is C10H10BrCl2N. The molecule has 0 fully saturated rings. The number of halogens is 3. The van der Waals surface area contributed by atoms with Crippen molar-refractivity contribution in [2.75, 3.05) is 11.9 Å². The van der Waals surface area contributed by atoms with Gasteiger partial charge in [-0.2, -0.15) is 0 Å². The van der Waals surface area contributed by atoms with Crippen molar-refractivity contribution in [2.24, 2.45) is 0 Å². The van der Waals surface area contributed by atoms with Gasteiger partial charge in [-0.25, -0.2) is 0 Å². The third-order valence-corrected chi connectivity index (χ3v) is 2.94. The lowest BCUT2D eigenvalue weighted by Gasteiger charge is -2.08. The summed E-state index contributed by atoms with van der Waals surface area (Å²) in [7, 11) is 0. The Bertz CT molecular complexity index is 350. The van der Waals surface area contributed by atoms with Gasteiger partial charge in [0.2, 0.25) is 0 Å². The van der Waals surface area contributed by atoms with Crippen LogP contribution in [0.25, 0.3) is 0 Å². The normalized spacial score (nSPS) is 11.6. The van der Waals surface area contributed by atoms with E-state index < -0.39 is 0 Å². The molecule has 0 spiro atoms. The Morgan fingerprint density at radius 3 is 2.86 bits per heavy atom. The van der Waals surface area contributed by atoms with Crippen LogP contribution in [0.4, 0.5) is 5.69 Å². The molecule has 4 heteroatoms. The van der Waals surface area contributed by atoms with E-state index in [2.05, 4.69) is 21.2 Å². The molecule has 0 unspecified atom stereocenters. The zero-order chi connectivity index (χ0) is 10.6. The monoisotopic (exact) mass is 293 g/mol. The van der Waals surface area contributed by atoms with Gasteiger partial charge in [-0.1, -0.05) is 23.2 Å². The van der Waals surface area contributed by atoms with Crippen molar-refractivity contribution in [1.29, 1.82) is 0 Å². The Hall–Kier alpha value is -0.180. The van der Waals surface area contributed by atoms with Gasteiger partial charge < -0.3 is 5.32 Å². The summed E-state index contributed by atoms with van der Waals surface area (Å²) in [6, 6.07) is 5.62. The maximum Gasteiger partial charge on any atom is 0.0488 e. The molecule has 76 valence electrons. The van der Waals surface area contributed by atoms with E-state index in [0.717, 1.165) is 22.3 Å². The Balaban J connectivity index is 2.68. The second kappa shape index (κ2) is 5.64. The van der Waals surface area contributed by atoms with Crippen molar-refractivity contribution < 1.29 is 0 Å². The highest BCUT2D eigenvalue weighted by molar-refractivity contribution is 9.10. The lowest BCUT2D eigenvalue weighted by molar-refractivity contribution is 1.21. The Morgan fingerprint density at radius 1 is 1.57 bits per heavy atom. The van der Waals surface area contributed by atoms with Crippen LogP contribution in [0.5, 0.6) is 0 Å². The van der Waals surface area contributed by atoms with Crippen molar-refractivity contribution >= 4 is 44.8 Å². The lowest BCUT2D eigenvalue weighted by atomic mass is 10.3. The fourth-order valence-corrected chi connectivity index (χ4v) is 1.81. The van der Waals surface area contributed by atoms with Gasteiger partial charge in [0.15, 0.2) is 0 Å². The number of hydrogen-bond acceptors (Lipinski definition) is 1. The van der Waals surface area contributed by atoms with Crippen LogP contribution in [-0.2, 0) is 0 Å². The van der Waals surface area contributed by atoms with Crippen LogP contribution in [0.1, 0.15) is 6.92 Å². The van der Waals surface area contributed by atoms with Crippen molar-refractivity contribution in [3.8, 4) is 0 Å². The molecule has 1 rings (SSSR count). The first-order valence-electron chi connectivity index (χ1n) is 4.08. The molecular weight excluding hydrogens is 285 g/mol. The fourth-order valence-electron chi connectivity index (χ4n) is 0.906. The lowest BCUT2D eigenvalue weighted by Crippen LogP contribution is -2.02. The van der Waals surface area contributed by atoms with Crippen LogP contribution in [0.2, 0.25) is 5.02 Å². The van der Waals surface area contributed by atoms with Crippen molar-refractivity contribution in [3.63, 3.8) is 0 Å². The topological polar surface area (TPSA) is 12.0 Å². The molecule has 0 heterocycles. The highest BCUT2D eigenvalue weighted by Gasteiger charge is 1.99. The van der Waals surface area contributed by atoms with E-state index in [0.29, 0.717) is 5.02 Å². The summed E-state index contributed by atoms with van der Waals surface area (Å²) in [4.78, 5) is 0. The Kier molecular flexibility index (Phi) is 4.79. The van der Waals surface area contributed by atoms with Crippen LogP contribution in [0.3, 0.4) is 0 Å². The number of rotatable bonds is 3. The number of hydrogen-bond donors (Lipinski definition) is 1. The fraction of sp³-hybridized carbons (Fsp3) is 0.200. The smallest absolute Gasteiger partial charge is 0.0488 e. The maximum atomic E-state index is 5.82. The molecule has 0 aliphatic carbocycles. The number of benzene rings is 1. The minimum absolute atomic E-state index is 0.715. The van der Waals surface area contributed by atoms with Gasteiger partial charge in [0, 0.05) is 27.3 Å². The predicted molar refractivity (Wildman–Crippen MR) is 67.3 cm³/mol.